The number of para-hydroxylation sites is 1. The minimum atomic E-state index is -0.670. The molecule has 1 heterocycles. The van der Waals surface area contributed by atoms with Gasteiger partial charge in [0, 0.05) is 22.1 Å². The molecule has 5 aromatic carbocycles. The van der Waals surface area contributed by atoms with E-state index in [9.17, 15) is 22.7 Å². The van der Waals surface area contributed by atoms with E-state index in [1.807, 2.05) is 0 Å². The van der Waals surface area contributed by atoms with E-state index in [1.165, 1.54) is 48.5 Å². The van der Waals surface area contributed by atoms with Crippen molar-refractivity contribution in [2.24, 2.45) is 0 Å². The van der Waals surface area contributed by atoms with Crippen molar-refractivity contribution in [3.05, 3.63) is 155 Å². The predicted molar refractivity (Wildman–Crippen MR) is 148 cm³/mol. The second-order valence-corrected chi connectivity index (χ2v) is 9.47. The monoisotopic (exact) mass is 535 g/mol. The lowest BCUT2D eigenvalue weighted by molar-refractivity contribution is 0.467. The fraction of sp³-hybridized carbons (Fsp3) is 0.0294. The van der Waals surface area contributed by atoms with Crippen molar-refractivity contribution in [3.63, 3.8) is 0 Å². The Labute approximate surface area is 227 Å². The SMILES string of the molecule is Oc1ccccc1C(c1ccc(F)cc1)c1nc(-c2ccc(F)cc2)c(-c2ccc(F)cc2)c2cc(F)ccc12. The average Bonchev–Trinajstić information content (AvgIpc) is 2.96. The topological polar surface area (TPSA) is 33.1 Å². The molecule has 0 spiro atoms. The van der Waals surface area contributed by atoms with Crippen LogP contribution >= 0.6 is 0 Å². The van der Waals surface area contributed by atoms with Crippen molar-refractivity contribution >= 4 is 10.8 Å². The minimum Gasteiger partial charge on any atom is -0.508 e. The maximum atomic E-state index is 14.9. The van der Waals surface area contributed by atoms with Gasteiger partial charge in [-0.1, -0.05) is 42.5 Å². The second-order valence-electron chi connectivity index (χ2n) is 9.47. The zero-order valence-corrected chi connectivity index (χ0v) is 21.0. The maximum Gasteiger partial charge on any atom is 0.123 e. The molecule has 0 aliphatic carbocycles. The minimum absolute atomic E-state index is 0.0137. The summed E-state index contributed by atoms with van der Waals surface area (Å²) in [5, 5.41) is 12.0. The average molecular weight is 536 g/mol. The van der Waals surface area contributed by atoms with Crippen LogP contribution in [0.25, 0.3) is 33.2 Å². The second kappa shape index (κ2) is 10.3. The first kappa shape index (κ1) is 25.3. The van der Waals surface area contributed by atoms with Gasteiger partial charge in [0.2, 0.25) is 0 Å². The van der Waals surface area contributed by atoms with Gasteiger partial charge < -0.3 is 5.11 Å². The fourth-order valence-electron chi connectivity index (χ4n) is 5.13. The van der Waals surface area contributed by atoms with Gasteiger partial charge in [0.25, 0.3) is 0 Å². The summed E-state index contributed by atoms with van der Waals surface area (Å²) in [5.41, 5.74) is 3.77. The molecule has 0 aliphatic rings. The van der Waals surface area contributed by atoms with Crippen LogP contribution in [-0.4, -0.2) is 10.1 Å². The summed E-state index contributed by atoms with van der Waals surface area (Å²) in [6.45, 7) is 0. The Hall–Kier alpha value is -4.97. The highest BCUT2D eigenvalue weighted by Crippen LogP contribution is 2.44. The Bertz CT molecular complexity index is 1830. The smallest absolute Gasteiger partial charge is 0.123 e. The molecule has 1 atom stereocenters. The number of hydrogen-bond donors (Lipinski definition) is 1. The molecule has 196 valence electrons. The van der Waals surface area contributed by atoms with Gasteiger partial charge in [-0.25, -0.2) is 17.6 Å². The molecule has 0 bridgehead atoms. The molecule has 0 saturated heterocycles. The third kappa shape index (κ3) is 4.69. The van der Waals surface area contributed by atoms with E-state index in [4.69, 9.17) is 4.98 Å². The molecule has 1 N–H and O–H groups in total. The molecule has 0 saturated carbocycles. The number of halogens is 4. The summed E-state index contributed by atoms with van der Waals surface area (Å²) in [6.07, 6.45) is 0. The van der Waals surface area contributed by atoms with E-state index in [0.29, 0.717) is 50.0 Å². The first-order chi connectivity index (χ1) is 19.4. The summed E-state index contributed by atoms with van der Waals surface area (Å²) in [7, 11) is 0. The highest BCUT2D eigenvalue weighted by atomic mass is 19.1. The number of phenolic OH excluding ortho intramolecular Hbond substituents is 1. The molecular formula is C34H21F4NO. The van der Waals surface area contributed by atoms with E-state index in [2.05, 4.69) is 0 Å². The molecule has 0 aliphatic heterocycles. The number of hydrogen-bond acceptors (Lipinski definition) is 2. The number of rotatable bonds is 5. The number of nitrogens with zero attached hydrogens (tertiary/aromatic N) is 1. The summed E-state index contributed by atoms with van der Waals surface area (Å²) in [4.78, 5) is 5.10. The van der Waals surface area contributed by atoms with Gasteiger partial charge in [0.1, 0.15) is 29.0 Å². The molecule has 6 aromatic rings. The summed E-state index contributed by atoms with van der Waals surface area (Å²) >= 11 is 0. The Morgan fingerprint density at radius 2 is 1.10 bits per heavy atom. The van der Waals surface area contributed by atoms with Crippen LogP contribution in [0, 0.1) is 23.3 Å². The summed E-state index contributed by atoms with van der Waals surface area (Å²) < 4.78 is 56.6. The molecule has 6 rings (SSSR count). The molecule has 2 nitrogen and oxygen atoms in total. The number of fused-ring (bicyclic) bond motifs is 1. The Morgan fingerprint density at radius 1 is 0.550 bits per heavy atom. The summed E-state index contributed by atoms with van der Waals surface area (Å²) in [6, 6.07) is 28.6. The van der Waals surface area contributed by atoms with Crippen molar-refractivity contribution in [2.75, 3.05) is 0 Å². The Balaban J connectivity index is 1.75. The summed E-state index contributed by atoms with van der Waals surface area (Å²) in [5.74, 6) is -2.42. The number of benzene rings is 5. The zero-order chi connectivity index (χ0) is 27.8. The van der Waals surface area contributed by atoms with Gasteiger partial charge >= 0.3 is 0 Å². The van der Waals surface area contributed by atoms with Crippen LogP contribution in [0.5, 0.6) is 5.75 Å². The third-order valence-electron chi connectivity index (χ3n) is 6.97. The van der Waals surface area contributed by atoms with Crippen molar-refractivity contribution in [2.45, 2.75) is 5.92 Å². The molecule has 0 radical (unpaired) electrons. The molecular weight excluding hydrogens is 514 g/mol. The molecule has 1 unspecified atom stereocenters. The lowest BCUT2D eigenvalue weighted by Gasteiger charge is -2.24. The van der Waals surface area contributed by atoms with Crippen LogP contribution in [0.2, 0.25) is 0 Å². The quantitative estimate of drug-likeness (QED) is 0.224. The van der Waals surface area contributed by atoms with E-state index in [-0.39, 0.29) is 5.75 Å². The van der Waals surface area contributed by atoms with Gasteiger partial charge in [-0.2, -0.15) is 0 Å². The van der Waals surface area contributed by atoms with E-state index < -0.39 is 29.2 Å². The predicted octanol–water partition coefficient (Wildman–Crippen LogP) is 9.01. The number of pyridine rings is 1. The third-order valence-corrected chi connectivity index (χ3v) is 6.97. The van der Waals surface area contributed by atoms with Crippen molar-refractivity contribution in [1.82, 2.24) is 4.98 Å². The van der Waals surface area contributed by atoms with Gasteiger partial charge in [0.15, 0.2) is 0 Å². The van der Waals surface area contributed by atoms with Gasteiger partial charge in [-0.3, -0.25) is 4.98 Å². The van der Waals surface area contributed by atoms with Crippen LogP contribution in [0.1, 0.15) is 22.7 Å². The molecule has 40 heavy (non-hydrogen) atoms. The van der Waals surface area contributed by atoms with Gasteiger partial charge in [-0.05, 0) is 89.3 Å². The highest BCUT2D eigenvalue weighted by molar-refractivity contribution is 6.04. The fourth-order valence-corrected chi connectivity index (χ4v) is 5.13. The number of aromatic hydroxyl groups is 1. The number of aromatic nitrogens is 1. The van der Waals surface area contributed by atoms with Gasteiger partial charge in [-0.15, -0.1) is 0 Å². The zero-order valence-electron chi connectivity index (χ0n) is 21.0. The van der Waals surface area contributed by atoms with E-state index >= 15 is 0 Å². The van der Waals surface area contributed by atoms with Crippen molar-refractivity contribution < 1.29 is 22.7 Å². The lowest BCUT2D eigenvalue weighted by Crippen LogP contribution is -2.09. The van der Waals surface area contributed by atoms with Crippen LogP contribution < -0.4 is 0 Å². The van der Waals surface area contributed by atoms with Crippen LogP contribution in [0.15, 0.2) is 115 Å². The van der Waals surface area contributed by atoms with E-state index in [0.717, 1.165) is 0 Å². The van der Waals surface area contributed by atoms with Crippen molar-refractivity contribution in [1.29, 1.82) is 0 Å². The first-order valence-electron chi connectivity index (χ1n) is 12.6. The highest BCUT2D eigenvalue weighted by Gasteiger charge is 2.27. The lowest BCUT2D eigenvalue weighted by atomic mass is 9.83. The van der Waals surface area contributed by atoms with Crippen LogP contribution in [0.4, 0.5) is 17.6 Å². The van der Waals surface area contributed by atoms with Crippen LogP contribution in [-0.2, 0) is 0 Å². The molecule has 0 amide bonds. The Kier molecular flexibility index (Phi) is 6.52. The molecule has 6 heteroatoms. The van der Waals surface area contributed by atoms with Gasteiger partial charge in [0.05, 0.1) is 17.3 Å². The standard InChI is InChI=1S/C34H21F4NO/c35-23-11-5-20(6-12-23)31(28-3-1-2-4-30(28)40)34-27-18-17-26(38)19-29(27)32(21-7-13-24(36)14-8-21)33(39-34)22-9-15-25(37)16-10-22/h1-19,31,40H. The largest absolute Gasteiger partial charge is 0.508 e. The van der Waals surface area contributed by atoms with Crippen molar-refractivity contribution in [3.8, 4) is 28.1 Å². The normalized spacial score (nSPS) is 12.0. The Morgan fingerprint density at radius 3 is 1.73 bits per heavy atom. The molecule has 0 fully saturated rings. The number of phenols is 1. The van der Waals surface area contributed by atoms with Crippen LogP contribution in [0.3, 0.4) is 0 Å². The maximum absolute atomic E-state index is 14.9. The molecule has 1 aromatic heterocycles. The van der Waals surface area contributed by atoms with E-state index in [1.54, 1.807) is 66.7 Å². The first-order valence-corrected chi connectivity index (χ1v) is 12.6.